The van der Waals surface area contributed by atoms with Gasteiger partial charge in [-0.15, -0.1) is 0 Å². The van der Waals surface area contributed by atoms with Gasteiger partial charge < -0.3 is 0 Å². The molecule has 2 aromatic rings. The van der Waals surface area contributed by atoms with Crippen molar-refractivity contribution in [1.29, 1.82) is 0 Å². The van der Waals surface area contributed by atoms with Gasteiger partial charge in [0.1, 0.15) is 0 Å². The zero-order chi connectivity index (χ0) is 15.4. The summed E-state index contributed by atoms with van der Waals surface area (Å²) in [6.07, 6.45) is 2.06. The molecule has 0 bridgehead atoms. The third kappa shape index (κ3) is 2.96. The van der Waals surface area contributed by atoms with E-state index in [4.69, 9.17) is 0 Å². The van der Waals surface area contributed by atoms with Gasteiger partial charge in [-0.1, -0.05) is 19.1 Å². The predicted molar refractivity (Wildman–Crippen MR) is 74.4 cm³/mol. The highest BCUT2D eigenvalue weighted by Crippen LogP contribution is 2.21. The maximum atomic E-state index is 11.7. The van der Waals surface area contributed by atoms with E-state index in [1.165, 1.54) is 12.1 Å². The minimum atomic E-state index is -0.866. The number of isocyanates is 1. The number of benzene rings is 1. The summed E-state index contributed by atoms with van der Waals surface area (Å²) in [4.78, 5) is 52.5. The Morgan fingerprint density at radius 2 is 1.90 bits per heavy atom. The fraction of sp³-hybridized carbons (Fsp3) is 0.231. The average molecular weight is 288 g/mol. The van der Waals surface area contributed by atoms with Crippen molar-refractivity contribution >= 4 is 6.08 Å². The first kappa shape index (κ1) is 14.4. The molecular weight excluding hydrogens is 276 g/mol. The fourth-order valence-electron chi connectivity index (χ4n) is 2.00. The number of H-pyrrole nitrogens is 2. The topological polar surface area (TPSA) is 117 Å². The van der Waals surface area contributed by atoms with Gasteiger partial charge in [-0.05, 0) is 24.1 Å². The number of aromatic nitrogens is 3. The van der Waals surface area contributed by atoms with Gasteiger partial charge in [-0.2, -0.15) is 4.99 Å². The maximum absolute atomic E-state index is 11.7. The first-order valence-corrected chi connectivity index (χ1v) is 6.19. The highest BCUT2D eigenvalue weighted by Gasteiger charge is 2.11. The van der Waals surface area contributed by atoms with Crippen molar-refractivity contribution in [3.05, 3.63) is 61.3 Å². The van der Waals surface area contributed by atoms with Crippen LogP contribution in [0, 0.1) is 0 Å². The second kappa shape index (κ2) is 5.98. The highest BCUT2D eigenvalue weighted by molar-refractivity contribution is 5.39. The molecule has 2 N–H and O–H groups in total. The Labute approximate surface area is 117 Å². The van der Waals surface area contributed by atoms with Crippen LogP contribution in [0.3, 0.4) is 0 Å². The van der Waals surface area contributed by atoms with Crippen molar-refractivity contribution in [3.8, 4) is 5.69 Å². The smallest absolute Gasteiger partial charge is 0.258 e. The van der Waals surface area contributed by atoms with Crippen LogP contribution in [-0.2, 0) is 4.79 Å². The van der Waals surface area contributed by atoms with Crippen molar-refractivity contribution in [2.24, 2.45) is 4.99 Å². The Kier molecular flexibility index (Phi) is 4.10. The molecular formula is C13H12N4O4. The number of hydrogen-bond donors (Lipinski definition) is 2. The lowest BCUT2D eigenvalue weighted by Crippen LogP contribution is -2.42. The molecule has 0 aliphatic rings. The van der Waals surface area contributed by atoms with Crippen molar-refractivity contribution in [3.63, 3.8) is 0 Å². The van der Waals surface area contributed by atoms with Crippen molar-refractivity contribution in [2.45, 2.75) is 19.4 Å². The van der Waals surface area contributed by atoms with Crippen LogP contribution < -0.4 is 17.1 Å². The molecule has 0 fully saturated rings. The number of hydrogen-bond acceptors (Lipinski definition) is 5. The normalized spacial score (nSPS) is 11.7. The minimum Gasteiger partial charge on any atom is -0.258 e. The number of carbonyl (C=O) groups excluding carboxylic acids is 1. The summed E-state index contributed by atoms with van der Waals surface area (Å²) in [5, 5.41) is 0. The van der Waals surface area contributed by atoms with Crippen LogP contribution in [0.4, 0.5) is 0 Å². The second-order valence-electron chi connectivity index (χ2n) is 4.26. The molecule has 2 rings (SSSR count). The lowest BCUT2D eigenvalue weighted by molar-refractivity contribution is 0.556. The Balaban J connectivity index is 2.62. The summed E-state index contributed by atoms with van der Waals surface area (Å²) >= 11 is 0. The van der Waals surface area contributed by atoms with E-state index in [2.05, 4.69) is 4.99 Å². The van der Waals surface area contributed by atoms with Crippen molar-refractivity contribution in [1.82, 2.24) is 14.5 Å². The molecule has 0 aliphatic carbocycles. The summed E-state index contributed by atoms with van der Waals surface area (Å²) in [6.45, 7) is 1.84. The van der Waals surface area contributed by atoms with Gasteiger partial charge in [0.05, 0.1) is 11.7 Å². The van der Waals surface area contributed by atoms with E-state index in [0.29, 0.717) is 12.0 Å². The summed E-state index contributed by atoms with van der Waals surface area (Å²) in [7, 11) is 0. The molecule has 0 spiro atoms. The molecule has 1 aromatic heterocycles. The molecule has 8 nitrogen and oxygen atoms in total. The van der Waals surface area contributed by atoms with Gasteiger partial charge in [-0.3, -0.25) is 9.97 Å². The van der Waals surface area contributed by atoms with Crippen LogP contribution in [0.15, 0.2) is 43.6 Å². The van der Waals surface area contributed by atoms with Crippen molar-refractivity contribution in [2.75, 3.05) is 0 Å². The van der Waals surface area contributed by atoms with E-state index >= 15 is 0 Å². The van der Waals surface area contributed by atoms with Crippen LogP contribution in [0.5, 0.6) is 0 Å². The molecule has 0 saturated carbocycles. The van der Waals surface area contributed by atoms with Crippen LogP contribution in [0.2, 0.25) is 0 Å². The van der Waals surface area contributed by atoms with Gasteiger partial charge in [0.15, 0.2) is 0 Å². The molecule has 8 heteroatoms. The molecule has 1 unspecified atom stereocenters. The molecule has 1 heterocycles. The lowest BCUT2D eigenvalue weighted by Gasteiger charge is -2.10. The standard InChI is InChI=1S/C13H12N4O4/c1-2-10(14-7-18)8-4-3-5-9(6-8)17-12(20)15-11(19)16-13(17)21/h3-6,10H,2H2,1H3,(H2,15,16,19,20,21). The largest absolute Gasteiger partial charge is 0.338 e. The number of nitrogens with one attached hydrogen (secondary N) is 2. The van der Waals surface area contributed by atoms with E-state index in [1.807, 2.05) is 16.9 Å². The summed E-state index contributed by atoms with van der Waals surface area (Å²) in [6, 6.07) is 6.05. The minimum absolute atomic E-state index is 0.273. The van der Waals surface area contributed by atoms with E-state index in [9.17, 15) is 19.2 Å². The van der Waals surface area contributed by atoms with Gasteiger partial charge in [-0.25, -0.2) is 23.7 Å². The van der Waals surface area contributed by atoms with Gasteiger partial charge >= 0.3 is 17.1 Å². The molecule has 1 aromatic carbocycles. The average Bonchev–Trinajstić information content (AvgIpc) is 2.44. The summed E-state index contributed by atoms with van der Waals surface area (Å²) in [5.74, 6) is 0. The van der Waals surface area contributed by atoms with E-state index in [0.717, 1.165) is 4.57 Å². The lowest BCUT2D eigenvalue weighted by atomic mass is 10.0. The van der Waals surface area contributed by atoms with E-state index in [1.54, 1.807) is 18.2 Å². The number of aromatic amines is 2. The first-order chi connectivity index (χ1) is 10.1. The van der Waals surface area contributed by atoms with Crippen molar-refractivity contribution < 1.29 is 4.79 Å². The monoisotopic (exact) mass is 288 g/mol. The Morgan fingerprint density at radius 3 is 2.48 bits per heavy atom. The molecule has 0 saturated heterocycles. The zero-order valence-corrected chi connectivity index (χ0v) is 11.1. The summed E-state index contributed by atoms with van der Waals surface area (Å²) in [5.41, 5.74) is -1.61. The molecule has 21 heavy (non-hydrogen) atoms. The van der Waals surface area contributed by atoms with Gasteiger partial charge in [0.2, 0.25) is 6.08 Å². The Morgan fingerprint density at radius 1 is 1.24 bits per heavy atom. The Bertz CT molecular complexity index is 836. The Hall–Kier alpha value is -2.99. The number of aliphatic imine (C=N–C) groups is 1. The molecule has 0 radical (unpaired) electrons. The first-order valence-electron chi connectivity index (χ1n) is 6.19. The number of rotatable bonds is 4. The van der Waals surface area contributed by atoms with E-state index < -0.39 is 23.1 Å². The third-order valence-electron chi connectivity index (χ3n) is 2.96. The second-order valence-corrected chi connectivity index (χ2v) is 4.26. The number of nitrogens with zero attached hydrogens (tertiary/aromatic N) is 2. The quantitative estimate of drug-likeness (QED) is 0.608. The molecule has 0 aliphatic heterocycles. The van der Waals surface area contributed by atoms with Crippen LogP contribution >= 0.6 is 0 Å². The zero-order valence-electron chi connectivity index (χ0n) is 11.1. The third-order valence-corrected chi connectivity index (χ3v) is 2.96. The molecule has 1 atom stereocenters. The molecule has 108 valence electrons. The van der Waals surface area contributed by atoms with Gasteiger partial charge in [0, 0.05) is 0 Å². The molecule has 0 amide bonds. The van der Waals surface area contributed by atoms with Crippen LogP contribution in [0.1, 0.15) is 24.9 Å². The fourth-order valence-corrected chi connectivity index (χ4v) is 2.00. The summed E-state index contributed by atoms with van der Waals surface area (Å²) < 4.78 is 0.794. The van der Waals surface area contributed by atoms with E-state index in [-0.39, 0.29) is 5.69 Å². The SMILES string of the molecule is CCC(N=C=O)c1cccc(-n2c(=O)[nH]c(=O)[nH]c2=O)c1. The maximum Gasteiger partial charge on any atom is 0.338 e. The van der Waals surface area contributed by atoms with Crippen LogP contribution in [0.25, 0.3) is 5.69 Å². The highest BCUT2D eigenvalue weighted by atomic mass is 16.2. The van der Waals surface area contributed by atoms with Crippen LogP contribution in [-0.4, -0.2) is 20.6 Å². The predicted octanol–water partition coefficient (Wildman–Crippen LogP) is 0.00100. The van der Waals surface area contributed by atoms with Gasteiger partial charge in [0.25, 0.3) is 0 Å².